The van der Waals surface area contributed by atoms with Crippen molar-refractivity contribution in [3.63, 3.8) is 0 Å². The number of thioether (sulfide) groups is 1. The number of benzene rings is 2. The summed E-state index contributed by atoms with van der Waals surface area (Å²) in [5, 5.41) is 17.0. The number of anilines is 1. The van der Waals surface area contributed by atoms with E-state index in [1.54, 1.807) is 13.0 Å². The van der Waals surface area contributed by atoms with E-state index in [-0.39, 0.29) is 11.7 Å². The van der Waals surface area contributed by atoms with Crippen LogP contribution in [0.2, 0.25) is 0 Å². The number of hydrogen-bond donors (Lipinski definition) is 1. The normalized spacial score (nSPS) is 11.0. The smallest absolute Gasteiger partial charge is 0.277 e. The molecule has 0 saturated carbocycles. The summed E-state index contributed by atoms with van der Waals surface area (Å²) in [5.41, 5.74) is 0.838. The van der Waals surface area contributed by atoms with Crippen molar-refractivity contribution in [3.05, 3.63) is 54.3 Å². The summed E-state index contributed by atoms with van der Waals surface area (Å²) < 4.78 is 10.5. The molecule has 0 saturated heterocycles. The molecule has 0 aliphatic rings. The molecule has 0 radical (unpaired) electrons. The highest BCUT2D eigenvalue weighted by molar-refractivity contribution is 7.99. The Balaban J connectivity index is 1.41. The highest BCUT2D eigenvalue weighted by Crippen LogP contribution is 2.26. The van der Waals surface area contributed by atoms with Crippen LogP contribution in [0.4, 0.5) is 5.82 Å². The van der Waals surface area contributed by atoms with Crippen molar-refractivity contribution in [2.75, 3.05) is 11.1 Å². The third-order valence-corrected chi connectivity index (χ3v) is 4.44. The zero-order valence-electron chi connectivity index (χ0n) is 13.8. The maximum absolute atomic E-state index is 11.9. The Bertz CT molecular complexity index is 1070. The molecule has 4 rings (SSSR count). The number of aromatic nitrogens is 3. The Hall–Kier alpha value is -3.13. The lowest BCUT2D eigenvalue weighted by atomic mass is 10.1. The summed E-state index contributed by atoms with van der Waals surface area (Å²) in [6.45, 7) is 1.75. The van der Waals surface area contributed by atoms with Crippen LogP contribution in [0.15, 0.2) is 62.7 Å². The van der Waals surface area contributed by atoms with Gasteiger partial charge >= 0.3 is 0 Å². The van der Waals surface area contributed by atoms with Gasteiger partial charge in [0.2, 0.25) is 11.8 Å². The third kappa shape index (κ3) is 3.60. The summed E-state index contributed by atoms with van der Waals surface area (Å²) in [5.74, 6) is 1.34. The highest BCUT2D eigenvalue weighted by Gasteiger charge is 2.12. The molecule has 0 aliphatic carbocycles. The third-order valence-electron chi connectivity index (χ3n) is 3.63. The van der Waals surface area contributed by atoms with E-state index in [2.05, 4.69) is 20.7 Å². The molecule has 2 aromatic heterocycles. The van der Waals surface area contributed by atoms with Crippen LogP contribution in [-0.4, -0.2) is 27.0 Å². The number of nitrogens with one attached hydrogen (secondary N) is 1. The standard InChI is InChI=1S/C18H14N4O3S/c1-11-8-15(22-25-11)19-16(23)10-26-18-21-20-17(24-18)14-7-6-12-4-2-3-5-13(12)9-14/h2-9H,10H2,1H3,(H,19,22,23). The van der Waals surface area contributed by atoms with Crippen LogP contribution < -0.4 is 5.32 Å². The Labute approximate surface area is 152 Å². The molecular weight excluding hydrogens is 352 g/mol. The molecule has 8 heteroatoms. The van der Waals surface area contributed by atoms with Gasteiger partial charge in [0.1, 0.15) is 5.76 Å². The zero-order chi connectivity index (χ0) is 17.9. The minimum Gasteiger partial charge on any atom is -0.411 e. The molecule has 0 atom stereocenters. The summed E-state index contributed by atoms with van der Waals surface area (Å²) in [6.07, 6.45) is 0. The van der Waals surface area contributed by atoms with Crippen molar-refractivity contribution in [2.24, 2.45) is 0 Å². The van der Waals surface area contributed by atoms with Gasteiger partial charge in [0.15, 0.2) is 5.82 Å². The van der Waals surface area contributed by atoms with Gasteiger partial charge in [0.25, 0.3) is 5.22 Å². The topological polar surface area (TPSA) is 94.1 Å². The van der Waals surface area contributed by atoms with Crippen molar-refractivity contribution in [1.29, 1.82) is 0 Å². The first-order valence-corrected chi connectivity index (χ1v) is 8.84. The number of fused-ring (bicyclic) bond motifs is 1. The first-order chi connectivity index (χ1) is 12.7. The highest BCUT2D eigenvalue weighted by atomic mass is 32.2. The summed E-state index contributed by atoms with van der Waals surface area (Å²) in [4.78, 5) is 11.9. The molecule has 1 amide bonds. The molecular formula is C18H14N4O3S. The fourth-order valence-electron chi connectivity index (χ4n) is 2.44. The average molecular weight is 366 g/mol. The van der Waals surface area contributed by atoms with E-state index in [1.165, 1.54) is 0 Å². The van der Waals surface area contributed by atoms with Gasteiger partial charge in [0.05, 0.1) is 5.75 Å². The Morgan fingerprint density at radius 2 is 1.96 bits per heavy atom. The van der Waals surface area contributed by atoms with E-state index in [9.17, 15) is 4.79 Å². The van der Waals surface area contributed by atoms with Crippen LogP contribution in [0.25, 0.3) is 22.2 Å². The number of amides is 1. The molecule has 0 unspecified atom stereocenters. The second-order valence-corrected chi connectivity index (χ2v) is 6.52. The van der Waals surface area contributed by atoms with E-state index >= 15 is 0 Å². The number of hydrogen-bond acceptors (Lipinski definition) is 7. The summed E-state index contributed by atoms with van der Waals surface area (Å²) in [7, 11) is 0. The Kier molecular flexibility index (Phi) is 4.40. The number of rotatable bonds is 5. The second-order valence-electron chi connectivity index (χ2n) is 5.59. The van der Waals surface area contributed by atoms with Gasteiger partial charge in [-0.1, -0.05) is 47.3 Å². The number of nitrogens with zero attached hydrogens (tertiary/aromatic N) is 3. The van der Waals surface area contributed by atoms with Crippen molar-refractivity contribution in [3.8, 4) is 11.5 Å². The molecule has 0 aliphatic heterocycles. The Morgan fingerprint density at radius 3 is 2.77 bits per heavy atom. The maximum atomic E-state index is 11.9. The van der Waals surface area contributed by atoms with E-state index < -0.39 is 0 Å². The molecule has 0 bridgehead atoms. The van der Waals surface area contributed by atoms with E-state index in [0.29, 0.717) is 22.7 Å². The van der Waals surface area contributed by atoms with Crippen LogP contribution >= 0.6 is 11.8 Å². The van der Waals surface area contributed by atoms with E-state index in [4.69, 9.17) is 8.94 Å². The van der Waals surface area contributed by atoms with Crippen LogP contribution in [-0.2, 0) is 4.79 Å². The first-order valence-electron chi connectivity index (χ1n) is 7.86. The van der Waals surface area contributed by atoms with Crippen molar-refractivity contribution in [2.45, 2.75) is 12.1 Å². The molecule has 0 fully saturated rings. The molecule has 130 valence electrons. The first kappa shape index (κ1) is 16.3. The number of carbonyl (C=O) groups excluding carboxylic acids is 1. The quantitative estimate of drug-likeness (QED) is 0.535. The van der Waals surface area contributed by atoms with Gasteiger partial charge in [-0.3, -0.25) is 4.79 Å². The van der Waals surface area contributed by atoms with Gasteiger partial charge in [-0.15, -0.1) is 10.2 Å². The minimum absolute atomic E-state index is 0.130. The molecule has 26 heavy (non-hydrogen) atoms. The predicted octanol–water partition coefficient (Wildman–Crippen LogP) is 3.92. The molecule has 0 spiro atoms. The fourth-order valence-corrected chi connectivity index (χ4v) is 3.00. The van der Waals surface area contributed by atoms with Gasteiger partial charge in [0, 0.05) is 11.6 Å². The monoisotopic (exact) mass is 366 g/mol. The molecule has 4 aromatic rings. The van der Waals surface area contributed by atoms with Crippen LogP contribution in [0, 0.1) is 6.92 Å². The Morgan fingerprint density at radius 1 is 1.12 bits per heavy atom. The SMILES string of the molecule is Cc1cc(NC(=O)CSc2nnc(-c3ccc4ccccc4c3)o2)no1. The van der Waals surface area contributed by atoms with Gasteiger partial charge < -0.3 is 14.3 Å². The molecule has 2 aromatic carbocycles. The molecule has 2 heterocycles. The summed E-state index contributed by atoms with van der Waals surface area (Å²) >= 11 is 1.16. The number of aryl methyl sites for hydroxylation is 1. The van der Waals surface area contributed by atoms with Crippen LogP contribution in [0.1, 0.15) is 5.76 Å². The lowest BCUT2D eigenvalue weighted by molar-refractivity contribution is -0.113. The maximum Gasteiger partial charge on any atom is 0.277 e. The van der Waals surface area contributed by atoms with Crippen LogP contribution in [0.5, 0.6) is 0 Å². The van der Waals surface area contributed by atoms with Crippen LogP contribution in [0.3, 0.4) is 0 Å². The summed E-state index contributed by atoms with van der Waals surface area (Å²) in [6, 6.07) is 15.6. The number of carbonyl (C=O) groups is 1. The minimum atomic E-state index is -0.228. The second kappa shape index (κ2) is 7.01. The fraction of sp³-hybridized carbons (Fsp3) is 0.111. The molecule has 1 N–H and O–H groups in total. The van der Waals surface area contributed by atoms with Crippen molar-refractivity contribution in [1.82, 2.24) is 15.4 Å². The van der Waals surface area contributed by atoms with Gasteiger partial charge in [-0.25, -0.2) is 0 Å². The van der Waals surface area contributed by atoms with Crippen molar-refractivity contribution >= 4 is 34.3 Å². The average Bonchev–Trinajstić information content (AvgIpc) is 3.28. The predicted molar refractivity (Wildman–Crippen MR) is 97.8 cm³/mol. The lowest BCUT2D eigenvalue weighted by Gasteiger charge is -2.00. The van der Waals surface area contributed by atoms with Gasteiger partial charge in [-0.05, 0) is 29.8 Å². The lowest BCUT2D eigenvalue weighted by Crippen LogP contribution is -2.14. The van der Waals surface area contributed by atoms with E-state index in [0.717, 1.165) is 28.1 Å². The zero-order valence-corrected chi connectivity index (χ0v) is 14.6. The molecule has 7 nitrogen and oxygen atoms in total. The van der Waals surface area contributed by atoms with Gasteiger partial charge in [-0.2, -0.15) is 0 Å². The van der Waals surface area contributed by atoms with Crippen molar-refractivity contribution < 1.29 is 13.7 Å². The largest absolute Gasteiger partial charge is 0.411 e. The van der Waals surface area contributed by atoms with E-state index in [1.807, 2.05) is 42.5 Å².